The monoisotopic (exact) mass is 259 g/mol. The Balaban J connectivity index is 2.26. The fraction of sp³-hybridized carbons (Fsp3) is 0.500. The van der Waals surface area contributed by atoms with Gasteiger partial charge in [0.25, 0.3) is 0 Å². The first-order chi connectivity index (χ1) is 8.15. The van der Waals surface area contributed by atoms with E-state index in [0.29, 0.717) is 11.7 Å². The highest BCUT2D eigenvalue weighted by Crippen LogP contribution is 2.20. The number of hydrogen-bond donors (Lipinski definition) is 3. The molecule has 0 aromatic rings. The number of alkyl halides is 1. The van der Waals surface area contributed by atoms with Gasteiger partial charge in [-0.05, 0) is 18.3 Å². The van der Waals surface area contributed by atoms with Crippen molar-refractivity contribution in [2.24, 2.45) is 11.1 Å². The van der Waals surface area contributed by atoms with Gasteiger partial charge in [0, 0.05) is 19.0 Å². The molecule has 0 bridgehead atoms. The lowest BCUT2D eigenvalue weighted by Crippen LogP contribution is -2.40. The van der Waals surface area contributed by atoms with Gasteiger partial charge in [0.15, 0.2) is 11.3 Å². The van der Waals surface area contributed by atoms with Gasteiger partial charge < -0.3 is 15.7 Å². The van der Waals surface area contributed by atoms with Crippen LogP contribution in [-0.4, -0.2) is 36.0 Å². The van der Waals surface area contributed by atoms with Gasteiger partial charge in [0.05, 0.1) is 6.54 Å². The molecule has 0 spiro atoms. The largest absolute Gasteiger partial charge is 0.509 e. The average Bonchev–Trinajstić information content (AvgIpc) is 2.31. The van der Waals surface area contributed by atoms with Crippen LogP contribution in [0.2, 0.25) is 0 Å². The number of thiocarbonyl (C=S) groups is 1. The molecule has 1 aliphatic carbocycles. The second-order valence-corrected chi connectivity index (χ2v) is 3.94. The van der Waals surface area contributed by atoms with Crippen molar-refractivity contribution >= 4 is 17.3 Å². The highest BCUT2D eigenvalue weighted by Gasteiger charge is 2.24. The average molecular weight is 259 g/mol. The van der Waals surface area contributed by atoms with E-state index >= 15 is 0 Å². The molecule has 2 unspecified atom stereocenters. The van der Waals surface area contributed by atoms with Crippen molar-refractivity contribution in [3.63, 3.8) is 0 Å². The second-order valence-electron chi connectivity index (χ2n) is 3.53. The standard InChI is InChI=1S/C10H14FN3O2S/c11-9-7(2-1-3-8(9)15)6-13-10(17)12-4-5-14-16/h1-3,7,9,15H,4-6H2,(H2,12,13,17). The van der Waals surface area contributed by atoms with Crippen molar-refractivity contribution in [3.8, 4) is 0 Å². The molecule has 0 aromatic heterocycles. The highest BCUT2D eigenvalue weighted by atomic mass is 32.1. The van der Waals surface area contributed by atoms with Crippen LogP contribution in [0, 0.1) is 10.8 Å². The molecule has 0 radical (unpaired) electrons. The zero-order chi connectivity index (χ0) is 12.7. The third kappa shape index (κ3) is 4.48. The topological polar surface area (TPSA) is 73.7 Å². The summed E-state index contributed by atoms with van der Waals surface area (Å²) < 4.78 is 13.5. The fourth-order valence-electron chi connectivity index (χ4n) is 1.37. The molecule has 0 saturated heterocycles. The number of aliphatic hydroxyl groups is 1. The number of aliphatic hydroxyl groups excluding tert-OH is 1. The molecule has 1 rings (SSSR count). The number of allylic oxidation sites excluding steroid dienone is 3. The van der Waals surface area contributed by atoms with E-state index in [4.69, 9.17) is 12.2 Å². The first-order valence-corrected chi connectivity index (χ1v) is 5.58. The number of hydrogen-bond acceptors (Lipinski definition) is 4. The minimum absolute atomic E-state index is 0.125. The van der Waals surface area contributed by atoms with E-state index < -0.39 is 12.1 Å². The van der Waals surface area contributed by atoms with Gasteiger partial charge in [-0.3, -0.25) is 0 Å². The van der Waals surface area contributed by atoms with Gasteiger partial charge in [0.2, 0.25) is 0 Å². The van der Waals surface area contributed by atoms with E-state index in [1.807, 2.05) is 0 Å². The zero-order valence-electron chi connectivity index (χ0n) is 9.10. The van der Waals surface area contributed by atoms with Crippen LogP contribution in [0.1, 0.15) is 0 Å². The molecule has 0 aliphatic heterocycles. The molecule has 1 aliphatic rings. The molecule has 7 heteroatoms. The normalized spacial score (nSPS) is 22.8. The number of halogens is 1. The zero-order valence-corrected chi connectivity index (χ0v) is 9.91. The minimum atomic E-state index is -1.41. The Kier molecular flexibility index (Phi) is 5.55. The maximum atomic E-state index is 13.5. The van der Waals surface area contributed by atoms with E-state index in [9.17, 15) is 14.4 Å². The van der Waals surface area contributed by atoms with E-state index in [2.05, 4.69) is 15.8 Å². The van der Waals surface area contributed by atoms with Gasteiger partial charge in [-0.25, -0.2) is 4.39 Å². The maximum Gasteiger partial charge on any atom is 0.166 e. The van der Waals surface area contributed by atoms with Crippen molar-refractivity contribution in [2.45, 2.75) is 6.17 Å². The first kappa shape index (κ1) is 13.6. The lowest BCUT2D eigenvalue weighted by molar-refractivity contribution is 0.213. The highest BCUT2D eigenvalue weighted by molar-refractivity contribution is 7.80. The van der Waals surface area contributed by atoms with Crippen LogP contribution in [0.5, 0.6) is 0 Å². The molecule has 0 fully saturated rings. The Morgan fingerprint density at radius 2 is 2.35 bits per heavy atom. The molecule has 0 amide bonds. The molecule has 0 heterocycles. The predicted molar refractivity (Wildman–Crippen MR) is 67.5 cm³/mol. The summed E-state index contributed by atoms with van der Waals surface area (Å²) in [5.74, 6) is -0.729. The van der Waals surface area contributed by atoms with E-state index in [-0.39, 0.29) is 18.8 Å². The van der Waals surface area contributed by atoms with Crippen LogP contribution >= 0.6 is 12.2 Å². The number of nitroso groups, excluding NO2 is 1. The fourth-order valence-corrected chi connectivity index (χ4v) is 1.55. The summed E-state index contributed by atoms with van der Waals surface area (Å²) in [7, 11) is 0. The summed E-state index contributed by atoms with van der Waals surface area (Å²) in [6.07, 6.45) is 3.18. The summed E-state index contributed by atoms with van der Waals surface area (Å²) in [4.78, 5) is 9.82. The number of rotatable bonds is 5. The molecule has 3 N–H and O–H groups in total. The lowest BCUT2D eigenvalue weighted by atomic mass is 9.97. The van der Waals surface area contributed by atoms with Crippen molar-refractivity contribution < 1.29 is 9.50 Å². The van der Waals surface area contributed by atoms with Gasteiger partial charge in [-0.2, -0.15) is 4.91 Å². The maximum absolute atomic E-state index is 13.5. The summed E-state index contributed by atoms with van der Waals surface area (Å²) in [5, 5.41) is 17.8. The Hall–Kier alpha value is -1.50. The number of nitrogens with zero attached hydrogens (tertiary/aromatic N) is 1. The first-order valence-electron chi connectivity index (χ1n) is 5.17. The smallest absolute Gasteiger partial charge is 0.166 e. The molecular weight excluding hydrogens is 245 g/mol. The number of nitrogens with one attached hydrogen (secondary N) is 2. The summed E-state index contributed by atoms with van der Waals surface area (Å²) in [5.41, 5.74) is 0. The van der Waals surface area contributed by atoms with Crippen LogP contribution in [0.4, 0.5) is 4.39 Å². The van der Waals surface area contributed by atoms with Crippen LogP contribution in [0.15, 0.2) is 29.2 Å². The van der Waals surface area contributed by atoms with Crippen molar-refractivity contribution in [3.05, 3.63) is 28.9 Å². The quantitative estimate of drug-likeness (QED) is 0.393. The van der Waals surface area contributed by atoms with Gasteiger partial charge in [-0.1, -0.05) is 17.3 Å². The van der Waals surface area contributed by atoms with Crippen molar-refractivity contribution in [1.29, 1.82) is 0 Å². The van der Waals surface area contributed by atoms with Crippen LogP contribution in [0.25, 0.3) is 0 Å². The van der Waals surface area contributed by atoms with Crippen LogP contribution in [-0.2, 0) is 0 Å². The Labute approximate surface area is 104 Å². The molecule has 0 aromatic carbocycles. The second kappa shape index (κ2) is 6.95. The molecule has 94 valence electrons. The van der Waals surface area contributed by atoms with Crippen LogP contribution < -0.4 is 10.6 Å². The Morgan fingerprint density at radius 1 is 1.59 bits per heavy atom. The molecule has 17 heavy (non-hydrogen) atoms. The van der Waals surface area contributed by atoms with E-state index in [1.54, 1.807) is 12.2 Å². The summed E-state index contributed by atoms with van der Waals surface area (Å²) >= 11 is 4.91. The van der Waals surface area contributed by atoms with Gasteiger partial charge in [0.1, 0.15) is 5.76 Å². The van der Waals surface area contributed by atoms with E-state index in [0.717, 1.165) is 0 Å². The van der Waals surface area contributed by atoms with Gasteiger partial charge in [-0.15, -0.1) is 0 Å². The van der Waals surface area contributed by atoms with Crippen molar-refractivity contribution in [2.75, 3.05) is 19.6 Å². The van der Waals surface area contributed by atoms with E-state index in [1.165, 1.54) is 6.08 Å². The molecule has 5 nitrogen and oxygen atoms in total. The summed E-state index contributed by atoms with van der Waals surface area (Å²) in [6, 6.07) is 0. The van der Waals surface area contributed by atoms with Crippen LogP contribution in [0.3, 0.4) is 0 Å². The molecule has 0 saturated carbocycles. The lowest BCUT2D eigenvalue weighted by Gasteiger charge is -2.21. The molecular formula is C10H14FN3O2S. The molecule has 2 atom stereocenters. The SMILES string of the molecule is O=NCCNC(=S)NCC1C=CC=C(O)C1F. The summed E-state index contributed by atoms with van der Waals surface area (Å²) in [6.45, 7) is 0.746. The minimum Gasteiger partial charge on any atom is -0.509 e. The third-order valence-electron chi connectivity index (χ3n) is 2.27. The Morgan fingerprint density at radius 3 is 3.06 bits per heavy atom. The van der Waals surface area contributed by atoms with Gasteiger partial charge >= 0.3 is 0 Å². The predicted octanol–water partition coefficient (Wildman–Crippen LogP) is 1.18. The van der Waals surface area contributed by atoms with Crippen molar-refractivity contribution in [1.82, 2.24) is 10.6 Å². The Bertz CT molecular complexity index is 346. The third-order valence-corrected chi connectivity index (χ3v) is 2.56.